The van der Waals surface area contributed by atoms with E-state index in [1.165, 1.54) is 0 Å². The van der Waals surface area contributed by atoms with Gasteiger partial charge < -0.3 is 10.2 Å². The van der Waals surface area contributed by atoms with Gasteiger partial charge in [-0.3, -0.25) is 9.59 Å². The lowest BCUT2D eigenvalue weighted by Crippen LogP contribution is -2.50. The first kappa shape index (κ1) is 22.3. The Morgan fingerprint density at radius 3 is 2.13 bits per heavy atom. The Bertz CT molecular complexity index is 1010. The molecular formula is C27H30N2O2. The molecule has 0 heterocycles. The minimum atomic E-state index is -0.592. The highest BCUT2D eigenvalue weighted by atomic mass is 16.2. The van der Waals surface area contributed by atoms with E-state index in [1.54, 1.807) is 11.9 Å². The number of aryl methyl sites for hydroxylation is 2. The molecule has 160 valence electrons. The maximum Gasteiger partial charge on any atom is 0.242 e. The fraction of sp³-hybridized carbons (Fsp3) is 0.259. The van der Waals surface area contributed by atoms with Crippen molar-refractivity contribution in [2.24, 2.45) is 0 Å². The molecule has 0 saturated carbocycles. The van der Waals surface area contributed by atoms with Gasteiger partial charge >= 0.3 is 0 Å². The Labute approximate surface area is 184 Å². The molecule has 3 aromatic carbocycles. The highest BCUT2D eigenvalue weighted by molar-refractivity contribution is 5.88. The number of benzene rings is 3. The van der Waals surface area contributed by atoms with E-state index in [1.807, 2.05) is 92.7 Å². The first-order valence-electron chi connectivity index (χ1n) is 10.6. The van der Waals surface area contributed by atoms with Crippen molar-refractivity contribution in [1.82, 2.24) is 10.2 Å². The van der Waals surface area contributed by atoms with Crippen LogP contribution in [-0.2, 0) is 29.0 Å². The van der Waals surface area contributed by atoms with Crippen LogP contribution in [-0.4, -0.2) is 29.8 Å². The fourth-order valence-corrected chi connectivity index (χ4v) is 3.71. The second-order valence-electron chi connectivity index (χ2n) is 7.99. The summed E-state index contributed by atoms with van der Waals surface area (Å²) in [4.78, 5) is 28.1. The summed E-state index contributed by atoms with van der Waals surface area (Å²) < 4.78 is 0. The van der Waals surface area contributed by atoms with Gasteiger partial charge in [-0.05, 0) is 30.5 Å². The number of hydrogen-bond donors (Lipinski definition) is 1. The van der Waals surface area contributed by atoms with Crippen molar-refractivity contribution in [3.05, 3.63) is 107 Å². The molecule has 3 rings (SSSR count). The highest BCUT2D eigenvalue weighted by Gasteiger charge is 2.29. The molecule has 0 spiro atoms. The molecule has 1 atom stereocenters. The molecule has 0 saturated heterocycles. The maximum absolute atomic E-state index is 13.5. The van der Waals surface area contributed by atoms with Crippen LogP contribution in [0.3, 0.4) is 0 Å². The highest BCUT2D eigenvalue weighted by Crippen LogP contribution is 2.17. The minimum Gasteiger partial charge on any atom is -0.357 e. The lowest BCUT2D eigenvalue weighted by molar-refractivity contribution is -0.140. The number of amides is 2. The van der Waals surface area contributed by atoms with Gasteiger partial charge in [0, 0.05) is 20.0 Å². The third kappa shape index (κ3) is 6.29. The minimum absolute atomic E-state index is 0.0595. The average Bonchev–Trinajstić information content (AvgIpc) is 2.77. The second-order valence-corrected chi connectivity index (χ2v) is 7.99. The van der Waals surface area contributed by atoms with Crippen LogP contribution >= 0.6 is 0 Å². The third-order valence-corrected chi connectivity index (χ3v) is 5.43. The number of hydrogen-bond acceptors (Lipinski definition) is 2. The number of nitrogens with zero attached hydrogens (tertiary/aromatic N) is 1. The number of carbonyl (C=O) groups is 2. The van der Waals surface area contributed by atoms with Gasteiger partial charge in [-0.15, -0.1) is 0 Å². The molecule has 2 amide bonds. The van der Waals surface area contributed by atoms with Gasteiger partial charge in [0.05, 0.1) is 6.42 Å². The summed E-state index contributed by atoms with van der Waals surface area (Å²) in [6.45, 7) is 4.43. The molecule has 0 bridgehead atoms. The van der Waals surface area contributed by atoms with Gasteiger partial charge in [-0.25, -0.2) is 0 Å². The molecule has 0 aliphatic carbocycles. The van der Waals surface area contributed by atoms with Gasteiger partial charge in [0.1, 0.15) is 6.04 Å². The van der Waals surface area contributed by atoms with E-state index >= 15 is 0 Å². The molecular weight excluding hydrogens is 384 g/mol. The first-order chi connectivity index (χ1) is 15.0. The van der Waals surface area contributed by atoms with Gasteiger partial charge in [0.25, 0.3) is 0 Å². The number of carbonyl (C=O) groups excluding carboxylic acids is 2. The Morgan fingerprint density at radius 1 is 0.806 bits per heavy atom. The first-order valence-corrected chi connectivity index (χ1v) is 10.6. The van der Waals surface area contributed by atoms with Crippen LogP contribution in [0.4, 0.5) is 0 Å². The fourth-order valence-electron chi connectivity index (χ4n) is 3.71. The molecule has 0 fully saturated rings. The smallest absolute Gasteiger partial charge is 0.242 e. The SMILES string of the molecule is CNC(=O)C(Cc1ccccc1)N(Cc1ccc(C)cc1)C(=O)Cc1cccc(C)c1. The largest absolute Gasteiger partial charge is 0.357 e. The van der Waals surface area contributed by atoms with Crippen LogP contribution in [0, 0.1) is 13.8 Å². The van der Waals surface area contributed by atoms with Crippen LogP contribution in [0.15, 0.2) is 78.9 Å². The van der Waals surface area contributed by atoms with Crippen molar-refractivity contribution < 1.29 is 9.59 Å². The summed E-state index contributed by atoms with van der Waals surface area (Å²) in [7, 11) is 1.62. The molecule has 1 unspecified atom stereocenters. The van der Waals surface area contributed by atoms with Crippen molar-refractivity contribution in [2.75, 3.05) is 7.05 Å². The van der Waals surface area contributed by atoms with Crippen molar-refractivity contribution >= 4 is 11.8 Å². The molecule has 4 nitrogen and oxygen atoms in total. The standard InChI is InChI=1S/C27H30N2O2/c1-20-12-14-23(15-13-20)19-29(26(30)18-24-11-7-8-21(2)16-24)25(27(31)28-3)17-22-9-5-4-6-10-22/h4-16,25H,17-19H2,1-3H3,(H,28,31). The van der Waals surface area contributed by atoms with E-state index in [-0.39, 0.29) is 18.2 Å². The normalized spacial score (nSPS) is 11.6. The molecule has 0 radical (unpaired) electrons. The molecule has 1 N–H and O–H groups in total. The summed E-state index contributed by atoms with van der Waals surface area (Å²) in [6.07, 6.45) is 0.724. The molecule has 4 heteroatoms. The van der Waals surface area contributed by atoms with E-state index in [4.69, 9.17) is 0 Å². The Hall–Kier alpha value is -3.40. The predicted octanol–water partition coefficient (Wildman–Crippen LogP) is 4.23. The monoisotopic (exact) mass is 414 g/mol. The number of likely N-dealkylation sites (N-methyl/N-ethyl adjacent to an activating group) is 1. The predicted molar refractivity (Wildman–Crippen MR) is 125 cm³/mol. The Balaban J connectivity index is 1.93. The van der Waals surface area contributed by atoms with Gasteiger partial charge in [-0.1, -0.05) is 90.0 Å². The van der Waals surface area contributed by atoms with E-state index in [9.17, 15) is 9.59 Å². The molecule has 0 aliphatic rings. The summed E-state index contributed by atoms with van der Waals surface area (Å²) >= 11 is 0. The van der Waals surface area contributed by atoms with Crippen LogP contribution < -0.4 is 5.32 Å². The van der Waals surface area contributed by atoms with Crippen LogP contribution in [0.5, 0.6) is 0 Å². The van der Waals surface area contributed by atoms with Crippen LogP contribution in [0.1, 0.15) is 27.8 Å². The molecule has 31 heavy (non-hydrogen) atoms. The molecule has 0 aromatic heterocycles. The van der Waals surface area contributed by atoms with Gasteiger partial charge in [0.15, 0.2) is 0 Å². The second kappa shape index (κ2) is 10.6. The quantitative estimate of drug-likeness (QED) is 0.600. The maximum atomic E-state index is 13.5. The summed E-state index contributed by atoms with van der Waals surface area (Å²) in [5.74, 6) is -0.218. The van der Waals surface area contributed by atoms with Crippen molar-refractivity contribution in [3.63, 3.8) is 0 Å². The van der Waals surface area contributed by atoms with Gasteiger partial charge in [-0.2, -0.15) is 0 Å². The third-order valence-electron chi connectivity index (χ3n) is 5.43. The van der Waals surface area contributed by atoms with E-state index < -0.39 is 6.04 Å². The zero-order valence-corrected chi connectivity index (χ0v) is 18.5. The molecule has 3 aromatic rings. The van der Waals surface area contributed by atoms with E-state index in [0.717, 1.165) is 27.8 Å². The van der Waals surface area contributed by atoms with E-state index in [2.05, 4.69) is 5.32 Å². The number of rotatable bonds is 8. The summed E-state index contributed by atoms with van der Waals surface area (Å²) in [6, 6.07) is 25.3. The Kier molecular flexibility index (Phi) is 7.60. The lowest BCUT2D eigenvalue weighted by atomic mass is 10.0. The van der Waals surface area contributed by atoms with E-state index in [0.29, 0.717) is 13.0 Å². The van der Waals surface area contributed by atoms with Crippen molar-refractivity contribution in [1.29, 1.82) is 0 Å². The lowest BCUT2D eigenvalue weighted by Gasteiger charge is -2.31. The van der Waals surface area contributed by atoms with Crippen molar-refractivity contribution in [2.45, 2.75) is 39.3 Å². The molecule has 0 aliphatic heterocycles. The average molecular weight is 415 g/mol. The van der Waals surface area contributed by atoms with Crippen LogP contribution in [0.25, 0.3) is 0 Å². The zero-order valence-electron chi connectivity index (χ0n) is 18.5. The topological polar surface area (TPSA) is 49.4 Å². The number of nitrogens with one attached hydrogen (secondary N) is 1. The van der Waals surface area contributed by atoms with Crippen molar-refractivity contribution in [3.8, 4) is 0 Å². The summed E-state index contributed by atoms with van der Waals surface area (Å²) in [5, 5.41) is 2.76. The van der Waals surface area contributed by atoms with Crippen LogP contribution in [0.2, 0.25) is 0 Å². The van der Waals surface area contributed by atoms with Gasteiger partial charge in [0.2, 0.25) is 11.8 Å². The summed E-state index contributed by atoms with van der Waals surface area (Å²) in [5.41, 5.74) is 5.25. The zero-order chi connectivity index (χ0) is 22.2. The Morgan fingerprint density at radius 2 is 1.48 bits per heavy atom.